The molecule has 0 radical (unpaired) electrons. The molecule has 2 aromatic carbocycles. The molecule has 21 heavy (non-hydrogen) atoms. The summed E-state index contributed by atoms with van der Waals surface area (Å²) in [6.07, 6.45) is 0. The Hall–Kier alpha value is -1.94. The zero-order chi connectivity index (χ0) is 15.7. The average molecular weight is 291 g/mol. The minimum Gasteiger partial charge on any atom is -0.497 e. The molecule has 0 saturated carbocycles. The molecular weight excluding hydrogens is 272 g/mol. The third-order valence-electron chi connectivity index (χ3n) is 3.65. The minimum absolute atomic E-state index is 0.133. The predicted octanol–water partition coefficient (Wildman–Crippen LogP) is 3.95. The smallest absolute Gasteiger partial charge is 0.134 e. The second-order valence-electron chi connectivity index (χ2n) is 5.29. The van der Waals surface area contributed by atoms with Gasteiger partial charge in [0.15, 0.2) is 0 Å². The molecular formula is C17H19F2NO. The molecule has 0 bridgehead atoms. The molecule has 2 nitrogen and oxygen atoms in total. The molecule has 2 aromatic rings. The first-order valence-corrected chi connectivity index (χ1v) is 6.71. The van der Waals surface area contributed by atoms with Gasteiger partial charge in [0.1, 0.15) is 17.4 Å². The van der Waals surface area contributed by atoms with Gasteiger partial charge in [-0.3, -0.25) is 0 Å². The summed E-state index contributed by atoms with van der Waals surface area (Å²) in [5.41, 5.74) is 9.71. The fourth-order valence-corrected chi connectivity index (χ4v) is 2.80. The summed E-state index contributed by atoms with van der Waals surface area (Å²) in [5.74, 6) is -1.25. The summed E-state index contributed by atoms with van der Waals surface area (Å²) in [7, 11) is 1.36. The number of methoxy groups -OCH3 is 1. The largest absolute Gasteiger partial charge is 0.497 e. The lowest BCUT2D eigenvalue weighted by atomic mass is 9.90. The van der Waals surface area contributed by atoms with Gasteiger partial charge in [0, 0.05) is 17.7 Å². The van der Waals surface area contributed by atoms with E-state index in [4.69, 9.17) is 10.5 Å². The Balaban J connectivity index is 2.58. The van der Waals surface area contributed by atoms with Crippen molar-refractivity contribution in [3.63, 3.8) is 0 Å². The molecule has 0 aliphatic carbocycles. The number of nitrogens with two attached hydrogens (primary N) is 1. The van der Waals surface area contributed by atoms with Crippen molar-refractivity contribution >= 4 is 0 Å². The molecule has 0 aliphatic heterocycles. The standard InChI is InChI=1S/C17H19F2NO/c1-9-5-10(2)15(11(3)6-9)17(20)16-13(18)7-12(21-4)8-14(16)19/h5-8,17H,20H2,1-4H3. The highest BCUT2D eigenvalue weighted by Gasteiger charge is 2.22. The van der Waals surface area contributed by atoms with E-state index in [0.29, 0.717) is 0 Å². The average Bonchev–Trinajstić information content (AvgIpc) is 2.36. The van der Waals surface area contributed by atoms with Gasteiger partial charge < -0.3 is 10.5 Å². The Labute approximate surface area is 123 Å². The number of benzene rings is 2. The van der Waals surface area contributed by atoms with E-state index in [0.717, 1.165) is 34.4 Å². The van der Waals surface area contributed by atoms with Crippen LogP contribution in [0.3, 0.4) is 0 Å². The Kier molecular flexibility index (Phi) is 4.28. The van der Waals surface area contributed by atoms with Crippen molar-refractivity contribution in [1.82, 2.24) is 0 Å². The zero-order valence-corrected chi connectivity index (χ0v) is 12.6. The maximum Gasteiger partial charge on any atom is 0.134 e. The van der Waals surface area contributed by atoms with Gasteiger partial charge in [0.05, 0.1) is 13.2 Å². The summed E-state index contributed by atoms with van der Waals surface area (Å²) in [4.78, 5) is 0. The van der Waals surface area contributed by atoms with Crippen molar-refractivity contribution in [2.75, 3.05) is 7.11 Å². The van der Waals surface area contributed by atoms with Crippen LogP contribution >= 0.6 is 0 Å². The lowest BCUT2D eigenvalue weighted by Gasteiger charge is -2.20. The molecule has 0 aliphatic rings. The van der Waals surface area contributed by atoms with E-state index in [9.17, 15) is 8.78 Å². The van der Waals surface area contributed by atoms with E-state index >= 15 is 0 Å². The summed E-state index contributed by atoms with van der Waals surface area (Å²) in [6.45, 7) is 5.77. The van der Waals surface area contributed by atoms with E-state index in [-0.39, 0.29) is 11.3 Å². The maximum atomic E-state index is 14.2. The van der Waals surface area contributed by atoms with Gasteiger partial charge in [-0.1, -0.05) is 17.7 Å². The van der Waals surface area contributed by atoms with Gasteiger partial charge in [-0.2, -0.15) is 0 Å². The van der Waals surface area contributed by atoms with Crippen LogP contribution in [0.25, 0.3) is 0 Å². The topological polar surface area (TPSA) is 35.2 Å². The molecule has 0 amide bonds. The Bertz CT molecular complexity index is 636. The van der Waals surface area contributed by atoms with Crippen molar-refractivity contribution < 1.29 is 13.5 Å². The van der Waals surface area contributed by atoms with Crippen LogP contribution < -0.4 is 10.5 Å². The van der Waals surface area contributed by atoms with Gasteiger partial charge in [-0.05, 0) is 37.5 Å². The van der Waals surface area contributed by atoms with E-state index in [2.05, 4.69) is 0 Å². The van der Waals surface area contributed by atoms with Gasteiger partial charge in [-0.25, -0.2) is 8.78 Å². The molecule has 4 heteroatoms. The Morgan fingerprint density at radius 2 is 1.38 bits per heavy atom. The first-order chi connectivity index (χ1) is 9.85. The van der Waals surface area contributed by atoms with Crippen LogP contribution in [0.1, 0.15) is 33.9 Å². The second-order valence-corrected chi connectivity index (χ2v) is 5.29. The second kappa shape index (κ2) is 5.82. The fourth-order valence-electron chi connectivity index (χ4n) is 2.80. The van der Waals surface area contributed by atoms with Crippen LogP contribution in [0.2, 0.25) is 0 Å². The molecule has 1 unspecified atom stereocenters. The number of hydrogen-bond donors (Lipinski definition) is 1. The van der Waals surface area contributed by atoms with E-state index in [1.165, 1.54) is 7.11 Å². The van der Waals surface area contributed by atoms with Crippen LogP contribution in [-0.2, 0) is 0 Å². The lowest BCUT2D eigenvalue weighted by molar-refractivity contribution is 0.404. The first-order valence-electron chi connectivity index (χ1n) is 6.71. The lowest BCUT2D eigenvalue weighted by Crippen LogP contribution is -2.18. The predicted molar refractivity (Wildman–Crippen MR) is 79.6 cm³/mol. The fraction of sp³-hybridized carbons (Fsp3) is 0.294. The van der Waals surface area contributed by atoms with Crippen molar-refractivity contribution in [1.29, 1.82) is 0 Å². The van der Waals surface area contributed by atoms with E-state index in [1.807, 2.05) is 32.9 Å². The van der Waals surface area contributed by atoms with E-state index < -0.39 is 17.7 Å². The van der Waals surface area contributed by atoms with Crippen LogP contribution in [0, 0.1) is 32.4 Å². The summed E-state index contributed by atoms with van der Waals surface area (Å²) >= 11 is 0. The maximum absolute atomic E-state index is 14.2. The number of rotatable bonds is 3. The third-order valence-corrected chi connectivity index (χ3v) is 3.65. The molecule has 0 spiro atoms. The van der Waals surface area contributed by atoms with Crippen molar-refractivity contribution in [3.8, 4) is 5.75 Å². The summed E-state index contributed by atoms with van der Waals surface area (Å²) in [5, 5.41) is 0. The number of aryl methyl sites for hydroxylation is 3. The Morgan fingerprint density at radius 1 is 0.905 bits per heavy atom. The van der Waals surface area contributed by atoms with Crippen molar-refractivity contribution in [2.45, 2.75) is 26.8 Å². The third kappa shape index (κ3) is 2.90. The number of ether oxygens (including phenoxy) is 1. The van der Waals surface area contributed by atoms with Gasteiger partial charge in [0.25, 0.3) is 0 Å². The molecule has 2 rings (SSSR count). The van der Waals surface area contributed by atoms with Crippen LogP contribution in [0.4, 0.5) is 8.78 Å². The van der Waals surface area contributed by atoms with Crippen LogP contribution in [-0.4, -0.2) is 7.11 Å². The molecule has 112 valence electrons. The number of hydrogen-bond acceptors (Lipinski definition) is 2. The van der Waals surface area contributed by atoms with Crippen molar-refractivity contribution in [2.24, 2.45) is 5.73 Å². The molecule has 0 heterocycles. The summed E-state index contributed by atoms with van der Waals surface area (Å²) in [6, 6.07) is 5.37. The van der Waals surface area contributed by atoms with Crippen molar-refractivity contribution in [3.05, 3.63) is 63.7 Å². The van der Waals surface area contributed by atoms with Gasteiger partial charge in [0.2, 0.25) is 0 Å². The van der Waals surface area contributed by atoms with Gasteiger partial charge >= 0.3 is 0 Å². The highest BCUT2D eigenvalue weighted by atomic mass is 19.1. The molecule has 0 fully saturated rings. The Morgan fingerprint density at radius 3 is 1.81 bits per heavy atom. The quantitative estimate of drug-likeness (QED) is 0.929. The highest BCUT2D eigenvalue weighted by Crippen LogP contribution is 2.32. The normalized spacial score (nSPS) is 12.3. The first kappa shape index (κ1) is 15.4. The SMILES string of the molecule is COc1cc(F)c(C(N)c2c(C)cc(C)cc2C)c(F)c1. The zero-order valence-electron chi connectivity index (χ0n) is 12.6. The van der Waals surface area contributed by atoms with Gasteiger partial charge in [-0.15, -0.1) is 0 Å². The van der Waals surface area contributed by atoms with Crippen LogP contribution in [0.5, 0.6) is 5.75 Å². The van der Waals surface area contributed by atoms with Crippen LogP contribution in [0.15, 0.2) is 24.3 Å². The molecule has 2 N–H and O–H groups in total. The van der Waals surface area contributed by atoms with E-state index in [1.54, 1.807) is 0 Å². The highest BCUT2D eigenvalue weighted by molar-refractivity contribution is 5.45. The number of halogens is 2. The monoisotopic (exact) mass is 291 g/mol. The molecule has 1 atom stereocenters. The summed E-state index contributed by atoms with van der Waals surface area (Å²) < 4.78 is 33.2. The minimum atomic E-state index is -0.850. The molecule has 0 aromatic heterocycles. The molecule has 0 saturated heterocycles.